The van der Waals surface area contributed by atoms with Gasteiger partial charge in [0.05, 0.1) is 12.1 Å². The van der Waals surface area contributed by atoms with Crippen LogP contribution in [0.4, 0.5) is 4.39 Å². The average Bonchev–Trinajstić information content (AvgIpc) is 2.97. The van der Waals surface area contributed by atoms with Crippen LogP contribution >= 0.6 is 0 Å². The first kappa shape index (κ1) is 16.5. The Morgan fingerprint density at radius 2 is 2.12 bits per heavy atom. The molecule has 0 amide bonds. The number of halogens is 1. The quantitative estimate of drug-likeness (QED) is 0.910. The summed E-state index contributed by atoms with van der Waals surface area (Å²) >= 11 is 0. The summed E-state index contributed by atoms with van der Waals surface area (Å²) in [5.41, 5.74) is 0.245. The molecule has 1 saturated heterocycles. The van der Waals surface area contributed by atoms with E-state index in [9.17, 15) is 17.9 Å². The number of aliphatic hydroxyl groups excluding tert-OH is 1. The van der Waals surface area contributed by atoms with E-state index in [1.54, 1.807) is 12.1 Å². The molecule has 0 saturated carbocycles. The molecule has 1 N–H and O–H groups in total. The van der Waals surface area contributed by atoms with E-state index < -0.39 is 28.0 Å². The Hall–Kier alpha value is -2.34. The van der Waals surface area contributed by atoms with Crippen LogP contribution in [0.5, 0.6) is 0 Å². The SMILES string of the molecule is N#Cc1ncccc1S(=O)(=O)N1C[C@@H](O)C[C@H]1c1cccc(F)c1. The molecule has 124 valence electrons. The van der Waals surface area contributed by atoms with Gasteiger partial charge in [0.2, 0.25) is 10.0 Å². The zero-order valence-corrected chi connectivity index (χ0v) is 13.3. The highest BCUT2D eigenvalue weighted by atomic mass is 32.2. The smallest absolute Gasteiger partial charge is 0.246 e. The van der Waals surface area contributed by atoms with E-state index in [0.29, 0.717) is 5.56 Å². The predicted molar refractivity (Wildman–Crippen MR) is 82.6 cm³/mol. The van der Waals surface area contributed by atoms with Gasteiger partial charge in [-0.1, -0.05) is 12.1 Å². The summed E-state index contributed by atoms with van der Waals surface area (Å²) < 4.78 is 40.5. The van der Waals surface area contributed by atoms with Crippen LogP contribution in [0.3, 0.4) is 0 Å². The highest BCUT2D eigenvalue weighted by Gasteiger charge is 2.41. The first-order valence-corrected chi connectivity index (χ1v) is 8.68. The van der Waals surface area contributed by atoms with Crippen molar-refractivity contribution in [2.24, 2.45) is 0 Å². The summed E-state index contributed by atoms with van der Waals surface area (Å²) in [6.45, 7) is -0.122. The molecule has 2 heterocycles. The average molecular weight is 347 g/mol. The van der Waals surface area contributed by atoms with Crippen LogP contribution in [0.1, 0.15) is 23.7 Å². The van der Waals surface area contributed by atoms with Crippen molar-refractivity contribution in [1.82, 2.24) is 9.29 Å². The summed E-state index contributed by atoms with van der Waals surface area (Å²) in [7, 11) is -4.06. The van der Waals surface area contributed by atoms with Gasteiger partial charge in [0.15, 0.2) is 5.69 Å². The van der Waals surface area contributed by atoms with E-state index in [2.05, 4.69) is 4.98 Å². The minimum atomic E-state index is -4.06. The van der Waals surface area contributed by atoms with Gasteiger partial charge in [-0.05, 0) is 36.2 Å². The molecule has 24 heavy (non-hydrogen) atoms. The third-order valence-corrected chi connectivity index (χ3v) is 5.84. The van der Waals surface area contributed by atoms with Crippen molar-refractivity contribution in [3.63, 3.8) is 0 Å². The molecule has 1 aliphatic rings. The van der Waals surface area contributed by atoms with Gasteiger partial charge in [-0.2, -0.15) is 9.57 Å². The Bertz CT molecular complexity index is 911. The fourth-order valence-corrected chi connectivity index (χ4v) is 4.63. The molecular formula is C16H14FN3O3S. The van der Waals surface area contributed by atoms with Gasteiger partial charge in [0.1, 0.15) is 16.8 Å². The molecule has 0 spiro atoms. The van der Waals surface area contributed by atoms with E-state index in [4.69, 9.17) is 5.26 Å². The van der Waals surface area contributed by atoms with Gasteiger partial charge in [-0.3, -0.25) is 0 Å². The molecule has 0 bridgehead atoms. The van der Waals surface area contributed by atoms with E-state index >= 15 is 0 Å². The summed E-state index contributed by atoms with van der Waals surface area (Å²) in [5.74, 6) is -0.481. The molecule has 2 aromatic rings. The van der Waals surface area contributed by atoms with Crippen molar-refractivity contribution < 1.29 is 17.9 Å². The van der Waals surface area contributed by atoms with Crippen LogP contribution < -0.4 is 0 Å². The summed E-state index contributed by atoms with van der Waals surface area (Å²) in [4.78, 5) is 3.56. The standard InChI is InChI=1S/C16H14FN3O3S/c17-12-4-1-3-11(7-12)15-8-13(21)10-20(15)24(22,23)16-5-2-6-19-14(16)9-18/h1-7,13,15,21H,8,10H2/t13-,15-/m0/s1. The maximum absolute atomic E-state index is 13.5. The van der Waals surface area contributed by atoms with Gasteiger partial charge in [-0.25, -0.2) is 17.8 Å². The first-order chi connectivity index (χ1) is 11.4. The van der Waals surface area contributed by atoms with Gasteiger partial charge in [-0.15, -0.1) is 0 Å². The molecule has 0 unspecified atom stereocenters. The molecule has 1 aromatic carbocycles. The molecule has 8 heteroatoms. The predicted octanol–water partition coefficient (Wildman–Crippen LogP) is 1.59. The second kappa shape index (κ2) is 6.28. The van der Waals surface area contributed by atoms with Crippen LogP contribution in [0.2, 0.25) is 0 Å². The highest BCUT2D eigenvalue weighted by Crippen LogP contribution is 2.37. The van der Waals surface area contributed by atoms with Crippen LogP contribution in [-0.2, 0) is 10.0 Å². The molecule has 3 rings (SSSR count). The van der Waals surface area contributed by atoms with Crippen LogP contribution in [-0.4, -0.2) is 35.5 Å². The third kappa shape index (κ3) is 2.89. The molecule has 0 aliphatic carbocycles. The number of pyridine rings is 1. The van der Waals surface area contributed by atoms with E-state index in [1.165, 1.54) is 36.5 Å². The van der Waals surface area contributed by atoms with Gasteiger partial charge in [0.25, 0.3) is 0 Å². The molecule has 1 fully saturated rings. The minimum Gasteiger partial charge on any atom is -0.392 e. The maximum atomic E-state index is 13.5. The number of nitriles is 1. The fraction of sp³-hybridized carbons (Fsp3) is 0.250. The van der Waals surface area contributed by atoms with Crippen molar-refractivity contribution in [3.05, 3.63) is 59.7 Å². The van der Waals surface area contributed by atoms with Crippen LogP contribution in [0, 0.1) is 17.1 Å². The fourth-order valence-electron chi connectivity index (χ4n) is 2.88. The summed E-state index contributed by atoms with van der Waals surface area (Å²) in [5, 5.41) is 19.1. The molecule has 1 aromatic heterocycles. The molecule has 1 aliphatic heterocycles. The number of hydrogen-bond acceptors (Lipinski definition) is 5. The number of nitrogens with zero attached hydrogens (tertiary/aromatic N) is 3. The van der Waals surface area contributed by atoms with Gasteiger partial charge >= 0.3 is 0 Å². The highest BCUT2D eigenvalue weighted by molar-refractivity contribution is 7.89. The number of benzene rings is 1. The number of aliphatic hydroxyl groups is 1. The second-order valence-electron chi connectivity index (χ2n) is 5.50. The maximum Gasteiger partial charge on any atom is 0.246 e. The lowest BCUT2D eigenvalue weighted by Gasteiger charge is -2.24. The van der Waals surface area contributed by atoms with Gasteiger partial charge < -0.3 is 5.11 Å². The second-order valence-corrected chi connectivity index (χ2v) is 7.36. The number of aromatic nitrogens is 1. The van der Waals surface area contributed by atoms with Crippen molar-refractivity contribution >= 4 is 10.0 Å². The van der Waals surface area contributed by atoms with E-state index in [0.717, 1.165) is 4.31 Å². The van der Waals surface area contributed by atoms with Crippen LogP contribution in [0.25, 0.3) is 0 Å². The lowest BCUT2D eigenvalue weighted by Crippen LogP contribution is -2.32. The monoisotopic (exact) mass is 347 g/mol. The molecule has 2 atom stereocenters. The number of β-amino-alcohol motifs (C(OH)–C–C–N with tert-alkyl or cyclic N) is 1. The lowest BCUT2D eigenvalue weighted by atomic mass is 10.0. The van der Waals surface area contributed by atoms with Crippen molar-refractivity contribution in [2.45, 2.75) is 23.5 Å². The largest absolute Gasteiger partial charge is 0.392 e. The summed E-state index contributed by atoms with van der Waals surface area (Å²) in [6, 6.07) is 9.41. The van der Waals surface area contributed by atoms with Crippen molar-refractivity contribution in [3.8, 4) is 6.07 Å². The normalized spacial score (nSPS) is 21.5. The molecule has 0 radical (unpaired) electrons. The van der Waals surface area contributed by atoms with Crippen LogP contribution in [0.15, 0.2) is 47.5 Å². The molecule has 6 nitrogen and oxygen atoms in total. The number of hydrogen-bond donors (Lipinski definition) is 1. The third-order valence-electron chi connectivity index (χ3n) is 3.93. The Kier molecular flexibility index (Phi) is 4.32. The van der Waals surface area contributed by atoms with E-state index in [-0.39, 0.29) is 23.6 Å². The number of rotatable bonds is 3. The minimum absolute atomic E-state index is 0.122. The zero-order chi connectivity index (χ0) is 17.3. The topological polar surface area (TPSA) is 94.3 Å². The van der Waals surface area contributed by atoms with Crippen molar-refractivity contribution in [2.75, 3.05) is 6.54 Å². The Morgan fingerprint density at radius 1 is 1.33 bits per heavy atom. The lowest BCUT2D eigenvalue weighted by molar-refractivity contribution is 0.188. The van der Waals surface area contributed by atoms with Crippen molar-refractivity contribution in [1.29, 1.82) is 5.26 Å². The number of sulfonamides is 1. The Morgan fingerprint density at radius 3 is 2.83 bits per heavy atom. The molecular weight excluding hydrogens is 333 g/mol. The first-order valence-electron chi connectivity index (χ1n) is 7.24. The Labute approximate surface area is 138 Å². The van der Waals surface area contributed by atoms with Gasteiger partial charge in [0, 0.05) is 12.7 Å². The Balaban J connectivity index is 2.07. The summed E-state index contributed by atoms with van der Waals surface area (Å²) in [6.07, 6.45) is 0.626. The zero-order valence-electron chi connectivity index (χ0n) is 12.5. The van der Waals surface area contributed by atoms with E-state index in [1.807, 2.05) is 0 Å².